The van der Waals surface area contributed by atoms with Gasteiger partial charge in [-0.1, -0.05) is 51.2 Å². The van der Waals surface area contributed by atoms with Crippen molar-refractivity contribution in [2.45, 2.75) is 129 Å². The molecule has 2 amide bonds. The smallest absolute Gasteiger partial charge is 0.229 e. The van der Waals surface area contributed by atoms with Crippen molar-refractivity contribution >= 4 is 11.8 Å². The quantitative estimate of drug-likeness (QED) is 0.246. The Morgan fingerprint density at radius 2 is 1.34 bits per heavy atom. The van der Waals surface area contributed by atoms with Gasteiger partial charge in [0.25, 0.3) is 0 Å². The van der Waals surface area contributed by atoms with Crippen LogP contribution in [0.3, 0.4) is 0 Å². The molecule has 0 aromatic carbocycles. The SMILES string of the molecule is CCCCCCCCC=CCCN1C(C)(C)CC(N2C(=O)CCC2=O)CC1(C)C. The first kappa shape index (κ1) is 24.1. The van der Waals surface area contributed by atoms with Crippen molar-refractivity contribution < 1.29 is 9.59 Å². The van der Waals surface area contributed by atoms with Gasteiger partial charge in [0.1, 0.15) is 0 Å². The molecule has 0 atom stereocenters. The maximum absolute atomic E-state index is 12.2. The van der Waals surface area contributed by atoms with Crippen LogP contribution in [0.15, 0.2) is 12.2 Å². The predicted molar refractivity (Wildman–Crippen MR) is 121 cm³/mol. The normalized spacial score (nSPS) is 22.9. The molecule has 2 saturated heterocycles. The minimum absolute atomic E-state index is 0.0251. The van der Waals surface area contributed by atoms with E-state index >= 15 is 0 Å². The molecule has 2 aliphatic heterocycles. The van der Waals surface area contributed by atoms with E-state index in [2.05, 4.69) is 51.7 Å². The number of rotatable bonds is 11. The second-order valence-electron chi connectivity index (χ2n) is 10.3. The molecular formula is C25H44N2O2. The van der Waals surface area contributed by atoms with Crippen LogP contribution >= 0.6 is 0 Å². The topological polar surface area (TPSA) is 40.6 Å². The van der Waals surface area contributed by atoms with Crippen molar-refractivity contribution in [3.8, 4) is 0 Å². The van der Waals surface area contributed by atoms with E-state index in [0.717, 1.165) is 25.8 Å². The van der Waals surface area contributed by atoms with Gasteiger partial charge in [-0.15, -0.1) is 0 Å². The zero-order valence-corrected chi connectivity index (χ0v) is 19.6. The van der Waals surface area contributed by atoms with Crippen molar-refractivity contribution in [2.24, 2.45) is 0 Å². The Hall–Kier alpha value is -1.16. The number of unbranched alkanes of at least 4 members (excludes halogenated alkanes) is 6. The van der Waals surface area contributed by atoms with Crippen LogP contribution in [0.4, 0.5) is 0 Å². The number of hydrogen-bond donors (Lipinski definition) is 0. The van der Waals surface area contributed by atoms with Gasteiger partial charge in [-0.2, -0.15) is 0 Å². The van der Waals surface area contributed by atoms with E-state index in [1.807, 2.05) is 0 Å². The molecule has 2 rings (SSSR count). The first-order valence-electron chi connectivity index (χ1n) is 12.0. The highest BCUT2D eigenvalue weighted by molar-refractivity contribution is 6.02. The Bertz CT molecular complexity index is 545. The van der Waals surface area contributed by atoms with E-state index in [-0.39, 0.29) is 28.9 Å². The zero-order chi connectivity index (χ0) is 21.5. The highest BCUT2D eigenvalue weighted by Gasteiger charge is 2.49. The van der Waals surface area contributed by atoms with Gasteiger partial charge in [0, 0.05) is 36.5 Å². The Morgan fingerprint density at radius 1 is 0.828 bits per heavy atom. The van der Waals surface area contributed by atoms with Gasteiger partial charge in [0.15, 0.2) is 0 Å². The first-order valence-corrected chi connectivity index (χ1v) is 12.0. The number of likely N-dealkylation sites (tertiary alicyclic amines) is 2. The average molecular weight is 405 g/mol. The molecule has 0 unspecified atom stereocenters. The molecular weight excluding hydrogens is 360 g/mol. The average Bonchev–Trinajstić information content (AvgIpc) is 2.96. The number of allylic oxidation sites excluding steroid dienone is 1. The number of piperidine rings is 1. The second kappa shape index (κ2) is 10.7. The second-order valence-corrected chi connectivity index (χ2v) is 10.3. The molecule has 0 N–H and O–H groups in total. The van der Waals surface area contributed by atoms with E-state index in [1.165, 1.54) is 44.9 Å². The fraction of sp³-hybridized carbons (Fsp3) is 0.840. The highest BCUT2D eigenvalue weighted by Crippen LogP contribution is 2.41. The third-order valence-corrected chi connectivity index (χ3v) is 6.80. The summed E-state index contributed by atoms with van der Waals surface area (Å²) in [5, 5.41) is 0. The molecule has 0 saturated carbocycles. The molecule has 0 radical (unpaired) electrons. The number of carbonyl (C=O) groups excluding carboxylic acids is 2. The molecule has 4 nitrogen and oxygen atoms in total. The predicted octanol–water partition coefficient (Wildman–Crippen LogP) is 5.85. The number of hydrogen-bond acceptors (Lipinski definition) is 3. The summed E-state index contributed by atoms with van der Waals surface area (Å²) in [6.07, 6.45) is 17.6. The van der Waals surface area contributed by atoms with Crippen LogP contribution in [0.25, 0.3) is 0 Å². The van der Waals surface area contributed by atoms with Crippen molar-refractivity contribution in [3.63, 3.8) is 0 Å². The van der Waals surface area contributed by atoms with E-state index in [4.69, 9.17) is 0 Å². The summed E-state index contributed by atoms with van der Waals surface area (Å²) in [5.41, 5.74) is -0.0502. The maximum atomic E-state index is 12.2. The van der Waals surface area contributed by atoms with Gasteiger partial charge < -0.3 is 0 Å². The third kappa shape index (κ3) is 6.67. The van der Waals surface area contributed by atoms with E-state index < -0.39 is 0 Å². The first-order chi connectivity index (χ1) is 13.7. The molecule has 2 aliphatic rings. The Balaban J connectivity index is 1.81. The van der Waals surface area contributed by atoms with E-state index in [9.17, 15) is 9.59 Å². The molecule has 29 heavy (non-hydrogen) atoms. The van der Waals surface area contributed by atoms with Gasteiger partial charge in [0.2, 0.25) is 11.8 Å². The minimum Gasteiger partial charge on any atom is -0.293 e. The van der Waals surface area contributed by atoms with Crippen LogP contribution in [0.5, 0.6) is 0 Å². The van der Waals surface area contributed by atoms with Crippen LogP contribution in [0.1, 0.15) is 112 Å². The van der Waals surface area contributed by atoms with Crippen LogP contribution < -0.4 is 0 Å². The third-order valence-electron chi connectivity index (χ3n) is 6.80. The van der Waals surface area contributed by atoms with Gasteiger partial charge >= 0.3 is 0 Å². The van der Waals surface area contributed by atoms with Gasteiger partial charge in [-0.25, -0.2) is 0 Å². The number of carbonyl (C=O) groups is 2. The van der Waals surface area contributed by atoms with Gasteiger partial charge in [-0.05, 0) is 59.8 Å². The highest BCUT2D eigenvalue weighted by atomic mass is 16.2. The minimum atomic E-state index is -0.0251. The van der Waals surface area contributed by atoms with Crippen molar-refractivity contribution in [2.75, 3.05) is 6.54 Å². The molecule has 0 aliphatic carbocycles. The van der Waals surface area contributed by atoms with Crippen LogP contribution in [-0.2, 0) is 9.59 Å². The molecule has 0 aromatic heterocycles. The van der Waals surface area contributed by atoms with Crippen molar-refractivity contribution in [3.05, 3.63) is 12.2 Å². The lowest BCUT2D eigenvalue weighted by molar-refractivity contribution is -0.146. The molecule has 166 valence electrons. The maximum Gasteiger partial charge on any atom is 0.229 e. The molecule has 0 bridgehead atoms. The molecule has 0 aromatic rings. The Labute approximate surface area is 179 Å². The van der Waals surface area contributed by atoms with Crippen molar-refractivity contribution in [1.29, 1.82) is 0 Å². The summed E-state index contributed by atoms with van der Waals surface area (Å²) >= 11 is 0. The van der Waals surface area contributed by atoms with Crippen LogP contribution in [0, 0.1) is 0 Å². The summed E-state index contributed by atoms with van der Waals surface area (Å²) < 4.78 is 0. The zero-order valence-electron chi connectivity index (χ0n) is 19.6. The monoisotopic (exact) mass is 404 g/mol. The number of amides is 2. The van der Waals surface area contributed by atoms with E-state index in [0.29, 0.717) is 12.8 Å². The molecule has 4 heteroatoms. The molecule has 0 spiro atoms. The largest absolute Gasteiger partial charge is 0.293 e. The lowest BCUT2D eigenvalue weighted by Gasteiger charge is -2.56. The van der Waals surface area contributed by atoms with Gasteiger partial charge in [0.05, 0.1) is 0 Å². The summed E-state index contributed by atoms with van der Waals surface area (Å²) in [4.78, 5) is 28.7. The Morgan fingerprint density at radius 3 is 1.93 bits per heavy atom. The standard InChI is InChI=1S/C25H44N2O2/c1-6-7-8-9-10-11-12-13-14-15-18-26-24(2,3)19-21(20-25(26,4)5)27-22(28)16-17-23(27)29/h13-14,21H,6-12,15-20H2,1-5H3. The van der Waals surface area contributed by atoms with Crippen LogP contribution in [0.2, 0.25) is 0 Å². The summed E-state index contributed by atoms with van der Waals surface area (Å²) in [6, 6.07) is 0.0435. The van der Waals surface area contributed by atoms with Gasteiger partial charge in [-0.3, -0.25) is 19.4 Å². The van der Waals surface area contributed by atoms with Crippen molar-refractivity contribution in [1.82, 2.24) is 9.80 Å². The number of nitrogens with zero attached hydrogens (tertiary/aromatic N) is 2. The number of imide groups is 1. The van der Waals surface area contributed by atoms with E-state index in [1.54, 1.807) is 4.90 Å². The summed E-state index contributed by atoms with van der Waals surface area (Å²) in [5.74, 6) is 0.0513. The lowest BCUT2D eigenvalue weighted by Crippen LogP contribution is -2.64. The summed E-state index contributed by atoms with van der Waals surface area (Å²) in [6.45, 7) is 12.4. The fourth-order valence-corrected chi connectivity index (χ4v) is 5.54. The molecule has 2 fully saturated rings. The fourth-order valence-electron chi connectivity index (χ4n) is 5.54. The lowest BCUT2D eigenvalue weighted by atomic mass is 9.76. The summed E-state index contributed by atoms with van der Waals surface area (Å²) in [7, 11) is 0. The molecule has 2 heterocycles. The Kier molecular flexibility index (Phi) is 8.93. The van der Waals surface area contributed by atoms with Crippen LogP contribution in [-0.4, -0.2) is 45.3 Å².